The highest BCUT2D eigenvalue weighted by Crippen LogP contribution is 2.39. The monoisotopic (exact) mass is 358 g/mol. The van der Waals surface area contributed by atoms with Gasteiger partial charge in [0.15, 0.2) is 11.5 Å². The van der Waals surface area contributed by atoms with Gasteiger partial charge < -0.3 is 19.5 Å². The average molecular weight is 358 g/mol. The van der Waals surface area contributed by atoms with E-state index in [0.717, 1.165) is 11.1 Å². The van der Waals surface area contributed by atoms with Crippen LogP contribution in [-0.4, -0.2) is 31.2 Å². The maximum absolute atomic E-state index is 11.9. The van der Waals surface area contributed by atoms with E-state index in [4.69, 9.17) is 14.2 Å². The Balaban J connectivity index is 1.95. The van der Waals surface area contributed by atoms with E-state index in [1.807, 2.05) is 6.07 Å². The van der Waals surface area contributed by atoms with Crippen LogP contribution in [0.1, 0.15) is 11.1 Å². The van der Waals surface area contributed by atoms with Crippen molar-refractivity contribution in [1.29, 1.82) is 0 Å². The molecule has 0 amide bonds. The number of methoxy groups -OCH3 is 2. The van der Waals surface area contributed by atoms with Crippen LogP contribution in [0.4, 0.5) is 5.69 Å². The van der Waals surface area contributed by atoms with Gasteiger partial charge >= 0.3 is 5.97 Å². The molecule has 26 heavy (non-hydrogen) atoms. The fourth-order valence-corrected chi connectivity index (χ4v) is 2.88. The van der Waals surface area contributed by atoms with Gasteiger partial charge in [-0.2, -0.15) is 0 Å². The van der Waals surface area contributed by atoms with Crippen molar-refractivity contribution in [3.05, 3.63) is 57.6 Å². The van der Waals surface area contributed by atoms with Gasteiger partial charge in [-0.25, -0.2) is 0 Å². The number of ether oxygens (including phenoxy) is 3. The van der Waals surface area contributed by atoms with Gasteiger partial charge in [0.25, 0.3) is 5.69 Å². The number of carbonyl (C=O) groups is 1. The molecule has 1 unspecified atom stereocenters. The van der Waals surface area contributed by atoms with Gasteiger partial charge in [-0.15, -0.1) is 0 Å². The molecule has 0 spiro atoms. The number of rotatable bonds is 5. The van der Waals surface area contributed by atoms with E-state index in [1.165, 1.54) is 38.5 Å². The van der Waals surface area contributed by atoms with E-state index in [-0.39, 0.29) is 11.7 Å². The zero-order chi connectivity index (χ0) is 18.7. The topological polar surface area (TPSA) is 99.9 Å². The minimum absolute atomic E-state index is 0.0191. The number of nitrogens with one attached hydrogen (secondary N) is 1. The largest absolute Gasteiger partial charge is 0.493 e. The van der Waals surface area contributed by atoms with Gasteiger partial charge in [0, 0.05) is 30.7 Å². The number of non-ortho nitro benzene ring substituents is 1. The summed E-state index contributed by atoms with van der Waals surface area (Å²) in [5.41, 5.74) is 1.81. The summed E-state index contributed by atoms with van der Waals surface area (Å²) in [6.07, 6.45) is 0.390. The number of carbonyl (C=O) groups excluding carboxylic acids is 1. The van der Waals surface area contributed by atoms with Crippen molar-refractivity contribution in [2.24, 2.45) is 0 Å². The Morgan fingerprint density at radius 1 is 1.19 bits per heavy atom. The van der Waals surface area contributed by atoms with Crippen LogP contribution in [0.25, 0.3) is 0 Å². The summed E-state index contributed by atoms with van der Waals surface area (Å²) in [5, 5.41) is 13.9. The first-order chi connectivity index (χ1) is 12.5. The number of nitro groups is 1. The Morgan fingerprint density at radius 3 is 2.54 bits per heavy atom. The average Bonchev–Trinajstić information content (AvgIpc) is 2.67. The highest BCUT2D eigenvalue weighted by Gasteiger charge is 2.29. The standard InChI is InChI=1S/C18H18N2O6/c1-24-16-8-3-11-10-19-15(18(21)25-2)9-14(11)17(16)26-13-6-4-12(5-7-13)20(22)23/h3-8,15,19H,9-10H2,1-2H3. The van der Waals surface area contributed by atoms with Crippen LogP contribution < -0.4 is 14.8 Å². The Kier molecular flexibility index (Phi) is 5.04. The molecule has 1 aliphatic rings. The van der Waals surface area contributed by atoms with Gasteiger partial charge in [-0.1, -0.05) is 6.07 Å². The van der Waals surface area contributed by atoms with Gasteiger partial charge in [0.1, 0.15) is 11.8 Å². The van der Waals surface area contributed by atoms with E-state index in [2.05, 4.69) is 5.32 Å². The van der Waals surface area contributed by atoms with Gasteiger partial charge in [0.2, 0.25) is 0 Å². The normalized spacial score (nSPS) is 15.7. The van der Waals surface area contributed by atoms with Crippen LogP contribution in [0.2, 0.25) is 0 Å². The molecular weight excluding hydrogens is 340 g/mol. The summed E-state index contributed by atoms with van der Waals surface area (Å²) in [6, 6.07) is 9.02. The Hall–Kier alpha value is -3.13. The minimum Gasteiger partial charge on any atom is -0.493 e. The summed E-state index contributed by atoms with van der Waals surface area (Å²) in [7, 11) is 2.88. The fraction of sp³-hybridized carbons (Fsp3) is 0.278. The first kappa shape index (κ1) is 17.7. The van der Waals surface area contributed by atoms with E-state index >= 15 is 0 Å². The molecule has 1 heterocycles. The van der Waals surface area contributed by atoms with E-state index in [1.54, 1.807) is 6.07 Å². The van der Waals surface area contributed by atoms with Crippen LogP contribution >= 0.6 is 0 Å². The predicted molar refractivity (Wildman–Crippen MR) is 92.5 cm³/mol. The second kappa shape index (κ2) is 7.40. The van der Waals surface area contributed by atoms with Crippen molar-refractivity contribution in [2.45, 2.75) is 19.0 Å². The summed E-state index contributed by atoms with van der Waals surface area (Å²) in [4.78, 5) is 22.2. The summed E-state index contributed by atoms with van der Waals surface area (Å²) < 4.78 is 16.2. The molecule has 136 valence electrons. The molecule has 2 aromatic carbocycles. The predicted octanol–water partition coefficient (Wildman–Crippen LogP) is 2.58. The number of hydrogen-bond donors (Lipinski definition) is 1. The molecule has 1 atom stereocenters. The van der Waals surface area contributed by atoms with Crippen LogP contribution in [0.3, 0.4) is 0 Å². The quantitative estimate of drug-likeness (QED) is 0.498. The first-order valence-corrected chi connectivity index (χ1v) is 7.95. The van der Waals surface area contributed by atoms with E-state index in [9.17, 15) is 14.9 Å². The van der Waals surface area contributed by atoms with Crippen molar-refractivity contribution < 1.29 is 23.9 Å². The Bertz CT molecular complexity index is 834. The number of nitrogens with zero attached hydrogens (tertiary/aromatic N) is 1. The molecular formula is C18H18N2O6. The van der Waals surface area contributed by atoms with Crippen molar-refractivity contribution in [3.63, 3.8) is 0 Å². The molecule has 0 saturated carbocycles. The smallest absolute Gasteiger partial charge is 0.323 e. The molecule has 8 heteroatoms. The van der Waals surface area contributed by atoms with Crippen LogP contribution in [0, 0.1) is 10.1 Å². The minimum atomic E-state index is -0.473. The molecule has 0 bridgehead atoms. The van der Waals surface area contributed by atoms with Crippen LogP contribution in [0.5, 0.6) is 17.2 Å². The van der Waals surface area contributed by atoms with Crippen molar-refractivity contribution >= 4 is 11.7 Å². The van der Waals surface area contributed by atoms with Crippen molar-refractivity contribution in [3.8, 4) is 17.2 Å². The van der Waals surface area contributed by atoms with Crippen molar-refractivity contribution in [1.82, 2.24) is 5.32 Å². The van der Waals surface area contributed by atoms with Gasteiger partial charge in [-0.3, -0.25) is 14.9 Å². The number of hydrogen-bond acceptors (Lipinski definition) is 7. The first-order valence-electron chi connectivity index (χ1n) is 7.95. The van der Waals surface area contributed by atoms with Crippen LogP contribution in [0.15, 0.2) is 36.4 Å². The number of esters is 1. The Morgan fingerprint density at radius 2 is 1.92 bits per heavy atom. The molecule has 1 N–H and O–H groups in total. The molecule has 1 aliphatic heterocycles. The molecule has 2 aromatic rings. The fourth-order valence-electron chi connectivity index (χ4n) is 2.88. The lowest BCUT2D eigenvalue weighted by Gasteiger charge is -2.27. The third-order valence-corrected chi connectivity index (χ3v) is 4.24. The second-order valence-corrected chi connectivity index (χ2v) is 5.75. The SMILES string of the molecule is COC(=O)C1Cc2c(ccc(OC)c2Oc2ccc([N+](=O)[O-])cc2)CN1. The molecule has 0 radical (unpaired) electrons. The number of nitro benzene ring substituents is 1. The lowest BCUT2D eigenvalue weighted by atomic mass is 9.94. The third kappa shape index (κ3) is 3.45. The Labute approximate surface area is 149 Å². The zero-order valence-electron chi connectivity index (χ0n) is 14.4. The third-order valence-electron chi connectivity index (χ3n) is 4.24. The summed E-state index contributed by atoms with van der Waals surface area (Å²) in [5.74, 6) is 1.11. The highest BCUT2D eigenvalue weighted by atomic mass is 16.6. The van der Waals surface area contributed by atoms with E-state index in [0.29, 0.717) is 30.2 Å². The molecule has 0 aliphatic carbocycles. The highest BCUT2D eigenvalue weighted by molar-refractivity contribution is 5.77. The lowest BCUT2D eigenvalue weighted by molar-refractivity contribution is -0.384. The molecule has 3 rings (SSSR count). The molecule has 0 saturated heterocycles. The molecule has 0 fully saturated rings. The number of benzene rings is 2. The van der Waals surface area contributed by atoms with Crippen LogP contribution in [-0.2, 0) is 22.5 Å². The van der Waals surface area contributed by atoms with Crippen molar-refractivity contribution in [2.75, 3.05) is 14.2 Å². The maximum atomic E-state index is 11.9. The summed E-state index contributed by atoms with van der Waals surface area (Å²) in [6.45, 7) is 0.496. The van der Waals surface area contributed by atoms with Gasteiger partial charge in [0.05, 0.1) is 19.1 Å². The lowest BCUT2D eigenvalue weighted by Crippen LogP contribution is -2.42. The van der Waals surface area contributed by atoms with E-state index < -0.39 is 11.0 Å². The second-order valence-electron chi connectivity index (χ2n) is 5.75. The summed E-state index contributed by atoms with van der Waals surface area (Å²) >= 11 is 0. The maximum Gasteiger partial charge on any atom is 0.323 e. The molecule has 0 aromatic heterocycles. The van der Waals surface area contributed by atoms with Gasteiger partial charge in [-0.05, 0) is 23.8 Å². The number of fused-ring (bicyclic) bond motifs is 1. The zero-order valence-corrected chi connectivity index (χ0v) is 14.4. The molecule has 8 nitrogen and oxygen atoms in total.